The first-order valence-corrected chi connectivity index (χ1v) is 6.46. The van der Waals surface area contributed by atoms with E-state index in [9.17, 15) is 4.79 Å². The van der Waals surface area contributed by atoms with Crippen LogP contribution < -0.4 is 5.73 Å². The van der Waals surface area contributed by atoms with E-state index in [1.54, 1.807) is 11.9 Å². The minimum atomic E-state index is -0.424. The number of hydrogen-bond acceptors (Lipinski definition) is 2. The molecule has 0 heterocycles. The standard InChI is InChI=1S/C13H19BrN2O/c1-9(2)12(15)13(17)16(3)8-10-5-4-6-11(14)7-10/h4-7,9,12H,8,15H2,1-3H3/t12-/m1/s1. The molecule has 1 atom stereocenters. The summed E-state index contributed by atoms with van der Waals surface area (Å²) in [5.74, 6) is 0.146. The Morgan fingerprint density at radius 3 is 2.65 bits per heavy atom. The van der Waals surface area contributed by atoms with E-state index in [2.05, 4.69) is 15.9 Å². The van der Waals surface area contributed by atoms with Crippen molar-refractivity contribution in [2.24, 2.45) is 11.7 Å². The molecule has 4 heteroatoms. The van der Waals surface area contributed by atoms with Gasteiger partial charge in [0.1, 0.15) is 0 Å². The minimum absolute atomic E-state index is 0.0139. The van der Waals surface area contributed by atoms with E-state index in [0.717, 1.165) is 10.0 Å². The average Bonchev–Trinajstić information content (AvgIpc) is 2.26. The normalized spacial score (nSPS) is 12.6. The Balaban J connectivity index is 2.66. The largest absolute Gasteiger partial charge is 0.340 e. The summed E-state index contributed by atoms with van der Waals surface area (Å²) < 4.78 is 1.02. The first-order valence-electron chi connectivity index (χ1n) is 5.67. The van der Waals surface area contributed by atoms with Crippen molar-refractivity contribution in [3.63, 3.8) is 0 Å². The van der Waals surface area contributed by atoms with Crippen LogP contribution in [0.4, 0.5) is 0 Å². The molecule has 0 aromatic heterocycles. The van der Waals surface area contributed by atoms with E-state index in [4.69, 9.17) is 5.73 Å². The van der Waals surface area contributed by atoms with Crippen LogP contribution in [0.3, 0.4) is 0 Å². The number of amides is 1. The molecule has 17 heavy (non-hydrogen) atoms. The van der Waals surface area contributed by atoms with Crippen LogP contribution in [0.1, 0.15) is 19.4 Å². The minimum Gasteiger partial charge on any atom is -0.340 e. The molecule has 0 unspecified atom stereocenters. The molecule has 0 aliphatic carbocycles. The molecule has 2 N–H and O–H groups in total. The summed E-state index contributed by atoms with van der Waals surface area (Å²) >= 11 is 3.41. The Hall–Kier alpha value is -0.870. The van der Waals surface area contributed by atoms with Gasteiger partial charge in [0.25, 0.3) is 0 Å². The van der Waals surface area contributed by atoms with Crippen molar-refractivity contribution in [1.82, 2.24) is 4.90 Å². The van der Waals surface area contributed by atoms with Gasteiger partial charge >= 0.3 is 0 Å². The number of nitrogens with two attached hydrogens (primary N) is 1. The molecular formula is C13H19BrN2O. The topological polar surface area (TPSA) is 46.3 Å². The molecule has 94 valence electrons. The molecule has 1 aromatic carbocycles. The van der Waals surface area contributed by atoms with Crippen LogP contribution >= 0.6 is 15.9 Å². The Labute approximate surface area is 111 Å². The summed E-state index contributed by atoms with van der Waals surface area (Å²) in [5.41, 5.74) is 6.93. The van der Waals surface area contributed by atoms with Crippen molar-refractivity contribution >= 4 is 21.8 Å². The summed E-state index contributed by atoms with van der Waals surface area (Å²) in [5, 5.41) is 0. The zero-order chi connectivity index (χ0) is 13.0. The van der Waals surface area contributed by atoms with Gasteiger partial charge in [-0.2, -0.15) is 0 Å². The van der Waals surface area contributed by atoms with Crippen molar-refractivity contribution in [3.8, 4) is 0 Å². The Kier molecular flexibility index (Phi) is 5.15. The molecular weight excluding hydrogens is 280 g/mol. The number of benzene rings is 1. The highest BCUT2D eigenvalue weighted by molar-refractivity contribution is 9.10. The second-order valence-corrected chi connectivity index (χ2v) is 5.51. The summed E-state index contributed by atoms with van der Waals surface area (Å²) in [6, 6.07) is 7.50. The number of likely N-dealkylation sites (N-methyl/N-ethyl adjacent to an activating group) is 1. The monoisotopic (exact) mass is 298 g/mol. The molecule has 1 aromatic rings. The lowest BCUT2D eigenvalue weighted by Gasteiger charge is -2.23. The van der Waals surface area contributed by atoms with Crippen molar-refractivity contribution in [1.29, 1.82) is 0 Å². The number of halogens is 1. The predicted molar refractivity (Wildman–Crippen MR) is 73.4 cm³/mol. The van der Waals surface area contributed by atoms with Gasteiger partial charge in [-0.15, -0.1) is 0 Å². The fourth-order valence-corrected chi connectivity index (χ4v) is 1.97. The summed E-state index contributed by atoms with van der Waals surface area (Å²) in [6.07, 6.45) is 0. The summed E-state index contributed by atoms with van der Waals surface area (Å²) in [4.78, 5) is 13.6. The third-order valence-corrected chi connectivity index (χ3v) is 3.18. The molecule has 0 saturated carbocycles. The molecule has 1 amide bonds. The number of hydrogen-bond donors (Lipinski definition) is 1. The van der Waals surface area contributed by atoms with Gasteiger partial charge in [-0.1, -0.05) is 41.9 Å². The number of carbonyl (C=O) groups is 1. The molecule has 0 aliphatic heterocycles. The van der Waals surface area contributed by atoms with Crippen LogP contribution in [0.2, 0.25) is 0 Å². The third-order valence-electron chi connectivity index (χ3n) is 2.69. The second-order valence-electron chi connectivity index (χ2n) is 4.59. The number of carbonyl (C=O) groups excluding carboxylic acids is 1. The number of rotatable bonds is 4. The smallest absolute Gasteiger partial charge is 0.239 e. The lowest BCUT2D eigenvalue weighted by Crippen LogP contribution is -2.44. The molecule has 0 aliphatic rings. The van der Waals surface area contributed by atoms with E-state index in [1.807, 2.05) is 38.1 Å². The van der Waals surface area contributed by atoms with Crippen LogP contribution in [0.5, 0.6) is 0 Å². The fourth-order valence-electron chi connectivity index (χ4n) is 1.53. The second kappa shape index (κ2) is 6.17. The summed E-state index contributed by atoms with van der Waals surface area (Å²) in [6.45, 7) is 4.49. The van der Waals surface area contributed by atoms with Crippen LogP contribution in [0.25, 0.3) is 0 Å². The van der Waals surface area contributed by atoms with Gasteiger partial charge in [0.05, 0.1) is 6.04 Å². The molecule has 0 spiro atoms. The predicted octanol–water partition coefficient (Wildman–Crippen LogP) is 2.39. The molecule has 1 rings (SSSR count). The van der Waals surface area contributed by atoms with E-state index in [1.165, 1.54) is 0 Å². The molecule has 0 radical (unpaired) electrons. The van der Waals surface area contributed by atoms with E-state index in [-0.39, 0.29) is 11.8 Å². The first kappa shape index (κ1) is 14.2. The highest BCUT2D eigenvalue weighted by atomic mass is 79.9. The van der Waals surface area contributed by atoms with Crippen LogP contribution in [-0.4, -0.2) is 23.9 Å². The maximum Gasteiger partial charge on any atom is 0.239 e. The van der Waals surface area contributed by atoms with Gasteiger partial charge in [0.15, 0.2) is 0 Å². The third kappa shape index (κ3) is 4.13. The molecule has 0 fully saturated rings. The van der Waals surface area contributed by atoms with Gasteiger partial charge in [-0.25, -0.2) is 0 Å². The average molecular weight is 299 g/mol. The van der Waals surface area contributed by atoms with Gasteiger partial charge in [0, 0.05) is 18.1 Å². The van der Waals surface area contributed by atoms with Crippen molar-refractivity contribution < 1.29 is 4.79 Å². The maximum atomic E-state index is 12.0. The molecule has 0 saturated heterocycles. The van der Waals surface area contributed by atoms with Crippen LogP contribution in [0, 0.1) is 5.92 Å². The zero-order valence-corrected chi connectivity index (χ0v) is 12.1. The Morgan fingerprint density at radius 1 is 1.47 bits per heavy atom. The quantitative estimate of drug-likeness (QED) is 0.928. The fraction of sp³-hybridized carbons (Fsp3) is 0.462. The van der Waals surface area contributed by atoms with Gasteiger partial charge in [-0.3, -0.25) is 4.79 Å². The zero-order valence-electron chi connectivity index (χ0n) is 10.5. The van der Waals surface area contributed by atoms with Crippen molar-refractivity contribution in [2.75, 3.05) is 7.05 Å². The molecule has 3 nitrogen and oxygen atoms in total. The first-order chi connectivity index (χ1) is 7.91. The maximum absolute atomic E-state index is 12.0. The Bertz CT molecular complexity index is 393. The van der Waals surface area contributed by atoms with Gasteiger partial charge in [0.2, 0.25) is 5.91 Å². The van der Waals surface area contributed by atoms with Crippen molar-refractivity contribution in [3.05, 3.63) is 34.3 Å². The highest BCUT2D eigenvalue weighted by Gasteiger charge is 2.20. The lowest BCUT2D eigenvalue weighted by atomic mass is 10.0. The van der Waals surface area contributed by atoms with E-state index in [0.29, 0.717) is 6.54 Å². The molecule has 0 bridgehead atoms. The van der Waals surface area contributed by atoms with E-state index >= 15 is 0 Å². The summed E-state index contributed by atoms with van der Waals surface area (Å²) in [7, 11) is 1.78. The number of nitrogens with zero attached hydrogens (tertiary/aromatic N) is 1. The van der Waals surface area contributed by atoms with Crippen molar-refractivity contribution in [2.45, 2.75) is 26.4 Å². The SMILES string of the molecule is CC(C)[C@@H](N)C(=O)N(C)Cc1cccc(Br)c1. The van der Waals surface area contributed by atoms with E-state index < -0.39 is 6.04 Å². The van der Waals surface area contributed by atoms with Gasteiger partial charge in [-0.05, 0) is 23.6 Å². The lowest BCUT2D eigenvalue weighted by molar-refractivity contribution is -0.132. The van der Waals surface area contributed by atoms with Crippen LogP contribution in [0.15, 0.2) is 28.7 Å². The van der Waals surface area contributed by atoms with Crippen LogP contribution in [-0.2, 0) is 11.3 Å². The van der Waals surface area contributed by atoms with Gasteiger partial charge < -0.3 is 10.6 Å². The Morgan fingerprint density at radius 2 is 2.12 bits per heavy atom. The highest BCUT2D eigenvalue weighted by Crippen LogP contribution is 2.13.